The third-order valence-corrected chi connectivity index (χ3v) is 4.19. The van der Waals surface area contributed by atoms with Gasteiger partial charge in [0.05, 0.1) is 14.2 Å². The Kier molecular flexibility index (Phi) is 3.51. The number of rotatable bonds is 3. The Hall–Kier alpha value is -1.42. The zero-order valence-electron chi connectivity index (χ0n) is 11.7. The number of fused-ring (bicyclic) bond motifs is 2. The number of nitrogens with zero attached hydrogens (tertiary/aromatic N) is 1. The third-order valence-electron chi connectivity index (χ3n) is 4.19. The Morgan fingerprint density at radius 2 is 1.58 bits per heavy atom. The lowest BCUT2D eigenvalue weighted by atomic mass is 9.85. The highest BCUT2D eigenvalue weighted by atomic mass is 16.5. The van der Waals surface area contributed by atoms with E-state index in [9.17, 15) is 0 Å². The Labute approximate surface area is 114 Å². The van der Waals surface area contributed by atoms with Gasteiger partial charge in [-0.2, -0.15) is 0 Å². The summed E-state index contributed by atoms with van der Waals surface area (Å²) in [5.74, 6) is 3.26. The summed E-state index contributed by atoms with van der Waals surface area (Å²) in [4.78, 5) is 2.48. The molecule has 1 N–H and O–H groups in total. The van der Waals surface area contributed by atoms with E-state index in [-0.39, 0.29) is 0 Å². The first-order valence-corrected chi connectivity index (χ1v) is 6.97. The molecule has 1 aromatic rings. The van der Waals surface area contributed by atoms with Crippen molar-refractivity contribution in [1.82, 2.24) is 5.32 Å². The Bertz CT molecular complexity index is 416. The van der Waals surface area contributed by atoms with E-state index in [1.165, 1.54) is 12.1 Å². The SMILES string of the molecule is COc1cc(OC)cc(N2CC3CNCC(C3)C2)c1. The number of ether oxygens (including phenoxy) is 2. The van der Waals surface area contributed by atoms with Crippen LogP contribution in [0.5, 0.6) is 11.5 Å². The topological polar surface area (TPSA) is 33.7 Å². The van der Waals surface area contributed by atoms with E-state index in [2.05, 4.69) is 22.3 Å². The first kappa shape index (κ1) is 12.6. The summed E-state index contributed by atoms with van der Waals surface area (Å²) in [6, 6.07) is 6.14. The van der Waals surface area contributed by atoms with Crippen LogP contribution in [0.25, 0.3) is 0 Å². The molecule has 2 unspecified atom stereocenters. The van der Waals surface area contributed by atoms with Crippen molar-refractivity contribution in [3.8, 4) is 11.5 Å². The van der Waals surface area contributed by atoms with Crippen LogP contribution in [0.3, 0.4) is 0 Å². The number of hydrogen-bond donors (Lipinski definition) is 1. The lowest BCUT2D eigenvalue weighted by molar-refractivity contribution is 0.249. The molecule has 0 amide bonds. The van der Waals surface area contributed by atoms with Gasteiger partial charge in [-0.3, -0.25) is 0 Å². The number of methoxy groups -OCH3 is 2. The van der Waals surface area contributed by atoms with E-state index in [0.717, 1.165) is 49.5 Å². The molecular formula is C15H22N2O2. The number of anilines is 1. The van der Waals surface area contributed by atoms with Gasteiger partial charge >= 0.3 is 0 Å². The predicted octanol–water partition coefficient (Wildman–Crippen LogP) is 1.75. The van der Waals surface area contributed by atoms with Crippen LogP contribution in [-0.2, 0) is 0 Å². The van der Waals surface area contributed by atoms with Crippen LogP contribution in [0.2, 0.25) is 0 Å². The van der Waals surface area contributed by atoms with Crippen LogP contribution in [0.4, 0.5) is 5.69 Å². The summed E-state index contributed by atoms with van der Waals surface area (Å²) in [7, 11) is 3.40. The maximum Gasteiger partial charge on any atom is 0.124 e. The Balaban J connectivity index is 1.84. The molecular weight excluding hydrogens is 240 g/mol. The van der Waals surface area contributed by atoms with Gasteiger partial charge < -0.3 is 19.7 Å². The largest absolute Gasteiger partial charge is 0.497 e. The second-order valence-corrected chi connectivity index (χ2v) is 5.60. The molecule has 2 aliphatic heterocycles. The van der Waals surface area contributed by atoms with E-state index in [4.69, 9.17) is 9.47 Å². The molecule has 2 atom stereocenters. The molecule has 2 saturated heterocycles. The summed E-state index contributed by atoms with van der Waals surface area (Å²) in [6.07, 6.45) is 1.37. The molecule has 2 heterocycles. The molecule has 2 bridgehead atoms. The van der Waals surface area contributed by atoms with E-state index >= 15 is 0 Å². The van der Waals surface area contributed by atoms with E-state index in [1.807, 2.05) is 6.07 Å². The highest BCUT2D eigenvalue weighted by Crippen LogP contribution is 2.33. The monoisotopic (exact) mass is 262 g/mol. The molecule has 0 aromatic heterocycles. The minimum atomic E-state index is 0.768. The van der Waals surface area contributed by atoms with E-state index < -0.39 is 0 Å². The van der Waals surface area contributed by atoms with Crippen LogP contribution in [-0.4, -0.2) is 40.4 Å². The van der Waals surface area contributed by atoms with Gasteiger partial charge in [-0.15, -0.1) is 0 Å². The van der Waals surface area contributed by atoms with Crippen molar-refractivity contribution >= 4 is 5.69 Å². The molecule has 2 aliphatic rings. The second-order valence-electron chi connectivity index (χ2n) is 5.60. The molecule has 0 saturated carbocycles. The summed E-state index contributed by atoms with van der Waals surface area (Å²) in [5.41, 5.74) is 1.22. The number of benzene rings is 1. The highest BCUT2D eigenvalue weighted by molar-refractivity contribution is 5.56. The molecule has 1 aromatic carbocycles. The minimum absolute atomic E-state index is 0.768. The van der Waals surface area contributed by atoms with E-state index in [1.54, 1.807) is 14.2 Å². The quantitative estimate of drug-likeness (QED) is 0.900. The molecule has 0 spiro atoms. The van der Waals surface area contributed by atoms with Gasteiger partial charge in [0, 0.05) is 37.0 Å². The number of piperidine rings is 2. The van der Waals surface area contributed by atoms with Gasteiger partial charge in [0.1, 0.15) is 11.5 Å². The average molecular weight is 262 g/mol. The van der Waals surface area contributed by atoms with Crippen molar-refractivity contribution in [2.45, 2.75) is 6.42 Å². The van der Waals surface area contributed by atoms with Crippen molar-refractivity contribution in [1.29, 1.82) is 0 Å². The van der Waals surface area contributed by atoms with Gasteiger partial charge in [0.15, 0.2) is 0 Å². The van der Waals surface area contributed by atoms with E-state index in [0.29, 0.717) is 0 Å². The fourth-order valence-corrected chi connectivity index (χ4v) is 3.29. The van der Waals surface area contributed by atoms with Crippen molar-refractivity contribution in [2.75, 3.05) is 45.3 Å². The first-order chi connectivity index (χ1) is 9.28. The Morgan fingerprint density at radius 3 is 2.11 bits per heavy atom. The summed E-state index contributed by atoms with van der Waals surface area (Å²) in [5, 5.41) is 3.53. The number of hydrogen-bond acceptors (Lipinski definition) is 4. The molecule has 4 nitrogen and oxygen atoms in total. The van der Waals surface area contributed by atoms with Gasteiger partial charge in [0.2, 0.25) is 0 Å². The minimum Gasteiger partial charge on any atom is -0.497 e. The predicted molar refractivity (Wildman–Crippen MR) is 76.2 cm³/mol. The van der Waals surface area contributed by atoms with Crippen molar-refractivity contribution < 1.29 is 9.47 Å². The standard InChI is InChI=1S/C15H22N2O2/c1-18-14-4-13(5-15(6-14)19-2)17-9-11-3-12(10-17)8-16-7-11/h4-6,11-12,16H,3,7-10H2,1-2H3. The zero-order chi connectivity index (χ0) is 13.2. The summed E-state index contributed by atoms with van der Waals surface area (Å²) < 4.78 is 10.7. The van der Waals surface area contributed by atoms with Crippen LogP contribution >= 0.6 is 0 Å². The van der Waals surface area contributed by atoms with Crippen LogP contribution < -0.4 is 19.7 Å². The van der Waals surface area contributed by atoms with Gasteiger partial charge in [-0.25, -0.2) is 0 Å². The first-order valence-electron chi connectivity index (χ1n) is 6.97. The van der Waals surface area contributed by atoms with Crippen molar-refractivity contribution in [3.63, 3.8) is 0 Å². The van der Waals surface area contributed by atoms with Crippen molar-refractivity contribution in [2.24, 2.45) is 11.8 Å². The highest BCUT2D eigenvalue weighted by Gasteiger charge is 2.30. The summed E-state index contributed by atoms with van der Waals surface area (Å²) >= 11 is 0. The number of nitrogens with one attached hydrogen (secondary N) is 1. The second kappa shape index (κ2) is 5.29. The molecule has 3 rings (SSSR count). The lowest BCUT2D eigenvalue weighted by Gasteiger charge is -2.43. The maximum atomic E-state index is 5.36. The van der Waals surface area contributed by atoms with Crippen LogP contribution in [0.15, 0.2) is 18.2 Å². The normalized spacial score (nSPS) is 26.1. The van der Waals surface area contributed by atoms with Crippen LogP contribution in [0.1, 0.15) is 6.42 Å². The van der Waals surface area contributed by atoms with Crippen molar-refractivity contribution in [3.05, 3.63) is 18.2 Å². The van der Waals surface area contributed by atoms with Gasteiger partial charge in [-0.05, 0) is 31.3 Å². The Morgan fingerprint density at radius 1 is 1.00 bits per heavy atom. The average Bonchev–Trinajstić information content (AvgIpc) is 2.46. The lowest BCUT2D eigenvalue weighted by Crippen LogP contribution is -2.51. The molecule has 0 radical (unpaired) electrons. The summed E-state index contributed by atoms with van der Waals surface area (Å²) in [6.45, 7) is 4.54. The van der Waals surface area contributed by atoms with Gasteiger partial charge in [0.25, 0.3) is 0 Å². The van der Waals surface area contributed by atoms with Crippen LogP contribution in [0, 0.1) is 11.8 Å². The molecule has 104 valence electrons. The fourth-order valence-electron chi connectivity index (χ4n) is 3.29. The maximum absolute atomic E-state index is 5.36. The van der Waals surface area contributed by atoms with Gasteiger partial charge in [-0.1, -0.05) is 0 Å². The zero-order valence-corrected chi connectivity index (χ0v) is 11.7. The molecule has 4 heteroatoms. The smallest absolute Gasteiger partial charge is 0.124 e. The molecule has 0 aliphatic carbocycles. The molecule has 2 fully saturated rings. The fraction of sp³-hybridized carbons (Fsp3) is 0.600. The molecule has 19 heavy (non-hydrogen) atoms. The third kappa shape index (κ3) is 2.63.